The van der Waals surface area contributed by atoms with E-state index in [4.69, 9.17) is 0 Å². The summed E-state index contributed by atoms with van der Waals surface area (Å²) in [7, 11) is 0. The van der Waals surface area contributed by atoms with Gasteiger partial charge in [-0.15, -0.1) is 0 Å². The third-order valence-corrected chi connectivity index (χ3v) is 3.96. The van der Waals surface area contributed by atoms with Crippen LogP contribution in [0, 0.1) is 17.6 Å². The van der Waals surface area contributed by atoms with E-state index < -0.39 is 11.6 Å². The van der Waals surface area contributed by atoms with Gasteiger partial charge in [-0.05, 0) is 40.4 Å². The summed E-state index contributed by atoms with van der Waals surface area (Å²) < 4.78 is 27.3. The van der Waals surface area contributed by atoms with Crippen LogP contribution >= 0.6 is 31.9 Å². The van der Waals surface area contributed by atoms with E-state index in [-0.39, 0.29) is 16.3 Å². The molecular formula is C11H12Br2F2. The highest BCUT2D eigenvalue weighted by Crippen LogP contribution is 2.26. The predicted molar refractivity (Wildman–Crippen MR) is 65.3 cm³/mol. The second-order valence-electron chi connectivity index (χ2n) is 3.68. The molecule has 0 heterocycles. The van der Waals surface area contributed by atoms with Crippen molar-refractivity contribution < 1.29 is 8.78 Å². The largest absolute Gasteiger partial charge is 0.207 e. The van der Waals surface area contributed by atoms with E-state index >= 15 is 0 Å². The molecule has 0 aliphatic rings. The van der Waals surface area contributed by atoms with Crippen LogP contribution in [-0.2, 0) is 6.42 Å². The molecule has 0 saturated heterocycles. The molecule has 2 unspecified atom stereocenters. The molecule has 0 aliphatic carbocycles. The van der Waals surface area contributed by atoms with Crippen LogP contribution in [0.3, 0.4) is 0 Å². The Kier molecular flexibility index (Phi) is 4.71. The van der Waals surface area contributed by atoms with Crippen molar-refractivity contribution >= 4 is 31.9 Å². The Labute approximate surface area is 105 Å². The molecule has 0 aliphatic heterocycles. The minimum absolute atomic E-state index is 0.156. The van der Waals surface area contributed by atoms with Gasteiger partial charge in [-0.3, -0.25) is 0 Å². The van der Waals surface area contributed by atoms with Gasteiger partial charge in [0.1, 0.15) is 11.6 Å². The molecule has 0 N–H and O–H groups in total. The van der Waals surface area contributed by atoms with Gasteiger partial charge in [0.25, 0.3) is 0 Å². The summed E-state index contributed by atoms with van der Waals surface area (Å²) in [6, 6.07) is 2.67. The zero-order valence-corrected chi connectivity index (χ0v) is 11.7. The first kappa shape index (κ1) is 13.1. The van der Waals surface area contributed by atoms with Crippen molar-refractivity contribution in [2.45, 2.75) is 25.1 Å². The molecular weight excluding hydrogens is 330 g/mol. The molecule has 1 rings (SSSR count). The number of alkyl halides is 1. The van der Waals surface area contributed by atoms with Crippen LogP contribution in [0.15, 0.2) is 16.6 Å². The molecule has 0 fully saturated rings. The van der Waals surface area contributed by atoms with Crippen LogP contribution in [0.25, 0.3) is 0 Å². The van der Waals surface area contributed by atoms with E-state index in [1.54, 1.807) is 0 Å². The van der Waals surface area contributed by atoms with Crippen LogP contribution in [0.5, 0.6) is 0 Å². The molecule has 2 atom stereocenters. The Morgan fingerprint density at radius 2 is 1.87 bits per heavy atom. The predicted octanol–water partition coefficient (Wildman–Crippen LogP) is 4.69. The van der Waals surface area contributed by atoms with Gasteiger partial charge < -0.3 is 0 Å². The number of hydrogen-bond acceptors (Lipinski definition) is 0. The zero-order valence-electron chi connectivity index (χ0n) is 8.53. The molecule has 0 radical (unpaired) electrons. The van der Waals surface area contributed by atoms with Crippen LogP contribution in [0.4, 0.5) is 8.78 Å². The van der Waals surface area contributed by atoms with Gasteiger partial charge in [-0.1, -0.05) is 29.8 Å². The van der Waals surface area contributed by atoms with Crippen molar-refractivity contribution in [2.24, 2.45) is 5.92 Å². The van der Waals surface area contributed by atoms with Crippen molar-refractivity contribution in [1.82, 2.24) is 0 Å². The van der Waals surface area contributed by atoms with E-state index in [0.29, 0.717) is 10.9 Å². The van der Waals surface area contributed by atoms with Gasteiger partial charge in [-0.25, -0.2) is 8.78 Å². The summed E-state index contributed by atoms with van der Waals surface area (Å²) in [6.07, 6.45) is 0.392. The highest BCUT2D eigenvalue weighted by Gasteiger charge is 2.17. The quantitative estimate of drug-likeness (QED) is 0.552. The molecule has 0 bridgehead atoms. The van der Waals surface area contributed by atoms with Gasteiger partial charge >= 0.3 is 0 Å². The Balaban J connectivity index is 2.98. The van der Waals surface area contributed by atoms with E-state index in [9.17, 15) is 8.78 Å². The van der Waals surface area contributed by atoms with Gasteiger partial charge in [0.15, 0.2) is 0 Å². The number of halogens is 4. The first-order valence-corrected chi connectivity index (χ1v) is 6.40. The van der Waals surface area contributed by atoms with Crippen LogP contribution in [0.2, 0.25) is 0 Å². The van der Waals surface area contributed by atoms with Crippen molar-refractivity contribution in [3.8, 4) is 0 Å². The average Bonchev–Trinajstić information content (AvgIpc) is 2.18. The molecule has 84 valence electrons. The summed E-state index contributed by atoms with van der Waals surface area (Å²) in [5.41, 5.74) is 0.156. The average molecular weight is 342 g/mol. The van der Waals surface area contributed by atoms with E-state index in [0.717, 1.165) is 0 Å². The first-order chi connectivity index (χ1) is 6.93. The SMILES string of the molecule is CC(Br)C(C)Cc1c(F)ccc(Br)c1F. The lowest BCUT2D eigenvalue weighted by Gasteiger charge is -2.15. The third-order valence-electron chi connectivity index (χ3n) is 2.45. The Bertz CT molecular complexity index is 351. The maximum absolute atomic E-state index is 13.6. The summed E-state index contributed by atoms with van der Waals surface area (Å²) >= 11 is 6.46. The molecule has 0 aromatic heterocycles. The number of rotatable bonds is 3. The Morgan fingerprint density at radius 1 is 1.27 bits per heavy atom. The Morgan fingerprint density at radius 3 is 2.40 bits per heavy atom. The first-order valence-electron chi connectivity index (χ1n) is 4.70. The molecule has 0 nitrogen and oxygen atoms in total. The van der Waals surface area contributed by atoms with Crippen molar-refractivity contribution in [1.29, 1.82) is 0 Å². The lowest BCUT2D eigenvalue weighted by atomic mass is 9.98. The fourth-order valence-electron chi connectivity index (χ4n) is 1.24. The standard InChI is InChI=1S/C11H12Br2F2/c1-6(7(2)12)5-8-10(14)4-3-9(13)11(8)15/h3-4,6-7H,5H2,1-2H3. The van der Waals surface area contributed by atoms with Gasteiger partial charge in [0, 0.05) is 10.4 Å². The summed E-state index contributed by atoms with van der Waals surface area (Å²) in [4.78, 5) is 0.232. The van der Waals surface area contributed by atoms with E-state index in [2.05, 4.69) is 31.9 Å². The smallest absolute Gasteiger partial charge is 0.143 e. The number of benzene rings is 1. The molecule has 0 spiro atoms. The van der Waals surface area contributed by atoms with Gasteiger partial charge in [0.2, 0.25) is 0 Å². The summed E-state index contributed by atoms with van der Waals surface area (Å²) in [5.74, 6) is -0.783. The van der Waals surface area contributed by atoms with E-state index in [1.807, 2.05) is 13.8 Å². The third kappa shape index (κ3) is 3.25. The van der Waals surface area contributed by atoms with Crippen molar-refractivity contribution in [2.75, 3.05) is 0 Å². The van der Waals surface area contributed by atoms with Gasteiger partial charge in [-0.2, -0.15) is 0 Å². The Hall–Kier alpha value is 0.0400. The molecule has 1 aromatic carbocycles. The lowest BCUT2D eigenvalue weighted by Crippen LogP contribution is -2.12. The molecule has 15 heavy (non-hydrogen) atoms. The number of hydrogen-bond donors (Lipinski definition) is 0. The monoisotopic (exact) mass is 340 g/mol. The minimum Gasteiger partial charge on any atom is -0.207 e. The zero-order chi connectivity index (χ0) is 11.6. The molecule has 0 saturated carbocycles. The summed E-state index contributed by atoms with van der Waals surface area (Å²) in [5, 5.41) is 0. The lowest BCUT2D eigenvalue weighted by molar-refractivity contribution is 0.504. The van der Waals surface area contributed by atoms with Crippen molar-refractivity contribution in [3.05, 3.63) is 33.8 Å². The summed E-state index contributed by atoms with van der Waals surface area (Å²) in [6.45, 7) is 3.93. The molecule has 0 amide bonds. The van der Waals surface area contributed by atoms with Gasteiger partial charge in [0.05, 0.1) is 4.47 Å². The normalized spacial score (nSPS) is 15.1. The molecule has 4 heteroatoms. The molecule has 1 aromatic rings. The van der Waals surface area contributed by atoms with Crippen LogP contribution < -0.4 is 0 Å². The fraction of sp³-hybridized carbons (Fsp3) is 0.455. The second kappa shape index (κ2) is 5.39. The van der Waals surface area contributed by atoms with Crippen molar-refractivity contribution in [3.63, 3.8) is 0 Å². The van der Waals surface area contributed by atoms with Crippen LogP contribution in [-0.4, -0.2) is 4.83 Å². The minimum atomic E-state index is -0.491. The maximum Gasteiger partial charge on any atom is 0.143 e. The highest BCUT2D eigenvalue weighted by atomic mass is 79.9. The maximum atomic E-state index is 13.6. The van der Waals surface area contributed by atoms with E-state index in [1.165, 1.54) is 12.1 Å². The van der Waals surface area contributed by atoms with Crippen LogP contribution in [0.1, 0.15) is 19.4 Å². The topological polar surface area (TPSA) is 0 Å². The fourth-order valence-corrected chi connectivity index (χ4v) is 1.80. The highest BCUT2D eigenvalue weighted by molar-refractivity contribution is 9.10. The second-order valence-corrected chi connectivity index (χ2v) is 5.98.